The van der Waals surface area contributed by atoms with Gasteiger partial charge in [-0.05, 0) is 55.3 Å². The molecule has 0 aliphatic rings. The van der Waals surface area contributed by atoms with Crippen LogP contribution in [0.4, 0.5) is 0 Å². The second kappa shape index (κ2) is 10.8. The van der Waals surface area contributed by atoms with Gasteiger partial charge < -0.3 is 14.2 Å². The number of aromatic nitrogens is 3. The Morgan fingerprint density at radius 2 is 1.42 bits per heavy atom. The summed E-state index contributed by atoms with van der Waals surface area (Å²) < 4.78 is 46.6. The van der Waals surface area contributed by atoms with Crippen molar-refractivity contribution in [3.8, 4) is 11.5 Å². The van der Waals surface area contributed by atoms with Gasteiger partial charge in [-0.2, -0.15) is 9.40 Å². The summed E-state index contributed by atoms with van der Waals surface area (Å²) in [6, 6.07) is 16.0. The molecule has 10 nitrogen and oxygen atoms in total. The summed E-state index contributed by atoms with van der Waals surface area (Å²) in [7, 11) is 0.249. The Labute approximate surface area is 221 Å². The second-order valence-corrected chi connectivity index (χ2v) is 11.0. The van der Waals surface area contributed by atoms with Crippen molar-refractivity contribution in [1.82, 2.24) is 19.1 Å². The molecule has 200 valence electrons. The minimum absolute atomic E-state index is 0.0815. The van der Waals surface area contributed by atoms with Gasteiger partial charge in [-0.3, -0.25) is 4.98 Å². The molecule has 0 aliphatic heterocycles. The lowest BCUT2D eigenvalue weighted by Crippen LogP contribution is -2.38. The molecule has 0 fully saturated rings. The summed E-state index contributed by atoms with van der Waals surface area (Å²) in [5.41, 5.74) is 0.655. The Kier molecular flexibility index (Phi) is 7.70. The van der Waals surface area contributed by atoms with E-state index >= 15 is 0 Å². The van der Waals surface area contributed by atoms with Crippen molar-refractivity contribution in [1.29, 1.82) is 0 Å². The maximum atomic E-state index is 14.2. The normalized spacial score (nSPS) is 12.1. The third-order valence-electron chi connectivity index (χ3n) is 6.28. The standard InChI is InChI=1S/C27H30N4O6S/c1-27(2,26(32)37-5)31-24-16-28-15-14-23(24)25(29-31)38(33,34)30(17-19-6-10-21(35-3)11-7-19)18-20-8-12-22(36-4)13-9-20/h6-16H,17-18H2,1-5H3. The van der Waals surface area contributed by atoms with E-state index in [2.05, 4.69) is 10.1 Å². The number of benzene rings is 2. The summed E-state index contributed by atoms with van der Waals surface area (Å²) in [4.78, 5) is 16.7. The van der Waals surface area contributed by atoms with E-state index in [-0.39, 0.29) is 18.1 Å². The zero-order valence-corrected chi connectivity index (χ0v) is 22.7. The summed E-state index contributed by atoms with van der Waals surface area (Å²) in [5.74, 6) is 0.768. The van der Waals surface area contributed by atoms with Crippen LogP contribution in [0.2, 0.25) is 0 Å². The number of carbonyl (C=O) groups is 1. The van der Waals surface area contributed by atoms with E-state index in [0.717, 1.165) is 11.1 Å². The second-order valence-electron chi connectivity index (χ2n) is 9.13. The lowest BCUT2D eigenvalue weighted by Gasteiger charge is -2.23. The van der Waals surface area contributed by atoms with E-state index in [9.17, 15) is 13.2 Å². The molecule has 0 N–H and O–H groups in total. The van der Waals surface area contributed by atoms with Crippen molar-refractivity contribution < 1.29 is 27.4 Å². The molecule has 2 heterocycles. The quantitative estimate of drug-likeness (QED) is 0.281. The molecule has 0 unspecified atom stereocenters. The third-order valence-corrected chi connectivity index (χ3v) is 8.01. The first-order chi connectivity index (χ1) is 18.1. The Bertz CT molecular complexity index is 1480. The highest BCUT2D eigenvalue weighted by Gasteiger charge is 2.37. The van der Waals surface area contributed by atoms with Gasteiger partial charge in [0.2, 0.25) is 0 Å². The van der Waals surface area contributed by atoms with Crippen LogP contribution in [-0.2, 0) is 38.2 Å². The fourth-order valence-corrected chi connectivity index (χ4v) is 5.62. The van der Waals surface area contributed by atoms with Crippen molar-refractivity contribution in [3.05, 3.63) is 78.1 Å². The molecule has 0 radical (unpaired) electrons. The van der Waals surface area contributed by atoms with E-state index in [1.54, 1.807) is 58.4 Å². The summed E-state index contributed by atoms with van der Waals surface area (Å²) in [6.45, 7) is 3.39. The van der Waals surface area contributed by atoms with Gasteiger partial charge in [0.15, 0.2) is 10.6 Å². The van der Waals surface area contributed by atoms with Gasteiger partial charge in [0, 0.05) is 24.7 Å². The topological polar surface area (TPSA) is 113 Å². The number of carbonyl (C=O) groups excluding carboxylic acids is 1. The van der Waals surface area contributed by atoms with Crippen LogP contribution in [0.3, 0.4) is 0 Å². The molecule has 2 aromatic heterocycles. The number of ether oxygens (including phenoxy) is 3. The summed E-state index contributed by atoms with van der Waals surface area (Å²) >= 11 is 0. The predicted molar refractivity (Wildman–Crippen MR) is 141 cm³/mol. The van der Waals surface area contributed by atoms with Crippen LogP contribution in [-0.4, -0.2) is 54.8 Å². The summed E-state index contributed by atoms with van der Waals surface area (Å²) in [6.07, 6.45) is 2.99. The third kappa shape index (κ3) is 5.20. The Hall–Kier alpha value is -3.96. The van der Waals surface area contributed by atoms with E-state index in [0.29, 0.717) is 22.4 Å². The SMILES string of the molecule is COC(=O)C(C)(C)n1nc(S(=O)(=O)N(Cc2ccc(OC)cc2)Cc2ccc(OC)cc2)c2ccncc21. The maximum Gasteiger partial charge on any atom is 0.333 e. The van der Waals surface area contributed by atoms with Crippen molar-refractivity contribution >= 4 is 26.9 Å². The van der Waals surface area contributed by atoms with Crippen LogP contribution < -0.4 is 9.47 Å². The number of nitrogens with zero attached hydrogens (tertiary/aromatic N) is 4. The van der Waals surface area contributed by atoms with Gasteiger partial charge in [-0.25, -0.2) is 17.9 Å². The van der Waals surface area contributed by atoms with Gasteiger partial charge in [0.1, 0.15) is 11.5 Å². The monoisotopic (exact) mass is 538 g/mol. The number of sulfonamides is 1. The zero-order valence-electron chi connectivity index (χ0n) is 21.9. The first-order valence-electron chi connectivity index (χ1n) is 11.8. The van der Waals surface area contributed by atoms with Crippen molar-refractivity contribution in [2.45, 2.75) is 37.5 Å². The fraction of sp³-hybridized carbons (Fsp3) is 0.296. The number of hydrogen-bond donors (Lipinski definition) is 0. The van der Waals surface area contributed by atoms with Gasteiger partial charge in [-0.1, -0.05) is 24.3 Å². The Morgan fingerprint density at radius 3 is 1.89 bits per heavy atom. The molecule has 0 aliphatic carbocycles. The minimum atomic E-state index is -4.17. The molecule has 0 bridgehead atoms. The van der Waals surface area contributed by atoms with Gasteiger partial charge in [0.25, 0.3) is 10.0 Å². The molecule has 0 saturated carbocycles. The highest BCUT2D eigenvalue weighted by atomic mass is 32.2. The number of pyridine rings is 1. The average Bonchev–Trinajstić information content (AvgIpc) is 3.34. The zero-order chi connectivity index (χ0) is 27.5. The van der Waals surface area contributed by atoms with Crippen molar-refractivity contribution in [2.24, 2.45) is 0 Å². The van der Waals surface area contributed by atoms with Gasteiger partial charge in [0.05, 0.1) is 33.0 Å². The molecular formula is C27H30N4O6S. The lowest BCUT2D eigenvalue weighted by molar-refractivity contribution is -0.149. The first kappa shape index (κ1) is 27.1. The molecule has 38 heavy (non-hydrogen) atoms. The van der Waals surface area contributed by atoms with Crippen molar-refractivity contribution in [2.75, 3.05) is 21.3 Å². The molecule has 2 aromatic carbocycles. The maximum absolute atomic E-state index is 14.2. The summed E-state index contributed by atoms with van der Waals surface area (Å²) in [5, 5.41) is 4.65. The first-order valence-corrected chi connectivity index (χ1v) is 13.2. The van der Waals surface area contributed by atoms with Crippen LogP contribution in [0.5, 0.6) is 11.5 Å². The van der Waals surface area contributed by atoms with E-state index in [1.165, 1.54) is 28.5 Å². The highest BCUT2D eigenvalue weighted by Crippen LogP contribution is 2.31. The van der Waals surface area contributed by atoms with Crippen LogP contribution in [0, 0.1) is 0 Å². The van der Waals surface area contributed by atoms with E-state index in [1.807, 2.05) is 24.3 Å². The van der Waals surface area contributed by atoms with E-state index < -0.39 is 21.5 Å². The molecule has 0 amide bonds. The molecule has 0 saturated heterocycles. The lowest BCUT2D eigenvalue weighted by atomic mass is 10.1. The predicted octanol–water partition coefficient (Wildman–Crippen LogP) is 3.75. The van der Waals surface area contributed by atoms with Gasteiger partial charge >= 0.3 is 5.97 Å². The number of esters is 1. The molecule has 4 rings (SSSR count). The number of methoxy groups -OCH3 is 3. The molecule has 11 heteroatoms. The highest BCUT2D eigenvalue weighted by molar-refractivity contribution is 7.89. The number of fused-ring (bicyclic) bond motifs is 1. The van der Waals surface area contributed by atoms with Crippen LogP contribution >= 0.6 is 0 Å². The molecule has 4 aromatic rings. The van der Waals surface area contributed by atoms with E-state index in [4.69, 9.17) is 14.2 Å². The average molecular weight is 539 g/mol. The Balaban J connectivity index is 1.83. The number of hydrogen-bond acceptors (Lipinski definition) is 8. The Morgan fingerprint density at radius 1 is 0.895 bits per heavy atom. The fourth-order valence-electron chi connectivity index (χ4n) is 4.10. The molecule has 0 atom stereocenters. The van der Waals surface area contributed by atoms with Crippen LogP contribution in [0.1, 0.15) is 25.0 Å². The number of rotatable bonds is 10. The van der Waals surface area contributed by atoms with Gasteiger partial charge in [-0.15, -0.1) is 0 Å². The van der Waals surface area contributed by atoms with Crippen molar-refractivity contribution in [3.63, 3.8) is 0 Å². The molecular weight excluding hydrogens is 508 g/mol. The van der Waals surface area contributed by atoms with Crippen LogP contribution in [0.25, 0.3) is 10.9 Å². The molecule has 0 spiro atoms. The smallest absolute Gasteiger partial charge is 0.333 e. The van der Waals surface area contributed by atoms with Crippen LogP contribution in [0.15, 0.2) is 72.0 Å². The largest absolute Gasteiger partial charge is 0.497 e. The minimum Gasteiger partial charge on any atom is -0.497 e.